The number of hydrogen-bond donors (Lipinski definition) is 0. The molecule has 0 N–H and O–H groups in total. The fourth-order valence-electron chi connectivity index (χ4n) is 2.52. The molecule has 0 atom stereocenters. The molecule has 0 saturated carbocycles. The SMILES string of the molecule is O=C1CCC(c2ccccc2)=C1c1ccccc1. The third kappa shape index (κ3) is 1.88. The molecule has 1 aliphatic carbocycles. The normalized spacial score (nSPS) is 15.2. The Kier molecular flexibility index (Phi) is 2.81. The van der Waals surface area contributed by atoms with Crippen LogP contribution in [0.15, 0.2) is 60.7 Å². The van der Waals surface area contributed by atoms with E-state index in [1.165, 1.54) is 11.1 Å². The average Bonchev–Trinajstić information content (AvgIpc) is 2.83. The van der Waals surface area contributed by atoms with Gasteiger partial charge >= 0.3 is 0 Å². The molecular formula is C17H14O. The first-order chi connectivity index (χ1) is 8.86. The highest BCUT2D eigenvalue weighted by atomic mass is 16.1. The summed E-state index contributed by atoms with van der Waals surface area (Å²) in [6.45, 7) is 0. The van der Waals surface area contributed by atoms with Crippen LogP contribution in [0, 0.1) is 0 Å². The van der Waals surface area contributed by atoms with Crippen LogP contribution >= 0.6 is 0 Å². The molecule has 0 heterocycles. The van der Waals surface area contributed by atoms with Crippen molar-refractivity contribution in [2.45, 2.75) is 12.8 Å². The van der Waals surface area contributed by atoms with Gasteiger partial charge in [0.05, 0.1) is 0 Å². The summed E-state index contributed by atoms with van der Waals surface area (Å²) in [5.41, 5.74) is 4.30. The first-order valence-electron chi connectivity index (χ1n) is 6.23. The van der Waals surface area contributed by atoms with Gasteiger partial charge in [0.25, 0.3) is 0 Å². The molecule has 2 aromatic rings. The first-order valence-corrected chi connectivity index (χ1v) is 6.23. The van der Waals surface area contributed by atoms with Crippen molar-refractivity contribution in [3.63, 3.8) is 0 Å². The van der Waals surface area contributed by atoms with Crippen molar-refractivity contribution in [3.8, 4) is 0 Å². The highest BCUT2D eigenvalue weighted by Crippen LogP contribution is 2.37. The Morgan fingerprint density at radius 1 is 0.667 bits per heavy atom. The molecule has 1 nitrogen and oxygen atoms in total. The number of Topliss-reactive ketones (excluding diaryl/α,β-unsaturated/α-hetero) is 1. The van der Waals surface area contributed by atoms with Crippen molar-refractivity contribution in [2.75, 3.05) is 0 Å². The van der Waals surface area contributed by atoms with Crippen LogP contribution in [0.3, 0.4) is 0 Å². The van der Waals surface area contributed by atoms with E-state index in [9.17, 15) is 4.79 Å². The van der Waals surface area contributed by atoms with Gasteiger partial charge in [0.1, 0.15) is 0 Å². The third-order valence-electron chi connectivity index (χ3n) is 3.37. The van der Waals surface area contributed by atoms with Crippen LogP contribution in [0.5, 0.6) is 0 Å². The minimum atomic E-state index is 0.264. The predicted octanol–water partition coefficient (Wildman–Crippen LogP) is 3.96. The molecule has 0 aliphatic heterocycles. The maximum atomic E-state index is 12.1. The van der Waals surface area contributed by atoms with Gasteiger partial charge in [-0.3, -0.25) is 4.79 Å². The average molecular weight is 234 g/mol. The van der Waals surface area contributed by atoms with Crippen LogP contribution in [0.1, 0.15) is 24.0 Å². The Labute approximate surface area is 107 Å². The molecule has 0 unspecified atom stereocenters. The first kappa shape index (κ1) is 11.0. The van der Waals surface area contributed by atoms with E-state index in [1.807, 2.05) is 48.5 Å². The number of benzene rings is 2. The molecule has 18 heavy (non-hydrogen) atoms. The summed E-state index contributed by atoms with van der Waals surface area (Å²) in [5, 5.41) is 0. The van der Waals surface area contributed by atoms with Gasteiger partial charge in [-0.1, -0.05) is 60.7 Å². The molecule has 3 rings (SSSR count). The molecule has 0 radical (unpaired) electrons. The molecule has 0 spiro atoms. The number of carbonyl (C=O) groups excluding carboxylic acids is 1. The molecular weight excluding hydrogens is 220 g/mol. The van der Waals surface area contributed by atoms with Crippen LogP contribution in [0.2, 0.25) is 0 Å². The van der Waals surface area contributed by atoms with E-state index < -0.39 is 0 Å². The second-order valence-electron chi connectivity index (χ2n) is 4.51. The van der Waals surface area contributed by atoms with Crippen LogP contribution in [-0.2, 0) is 4.79 Å². The summed E-state index contributed by atoms with van der Waals surface area (Å²) in [5.74, 6) is 0.264. The van der Waals surface area contributed by atoms with E-state index in [0.29, 0.717) is 6.42 Å². The summed E-state index contributed by atoms with van der Waals surface area (Å²) in [6.07, 6.45) is 1.49. The van der Waals surface area contributed by atoms with Crippen LogP contribution < -0.4 is 0 Å². The number of carbonyl (C=O) groups is 1. The highest BCUT2D eigenvalue weighted by molar-refractivity contribution is 6.31. The van der Waals surface area contributed by atoms with E-state index in [1.54, 1.807) is 0 Å². The maximum absolute atomic E-state index is 12.1. The fraction of sp³-hybridized carbons (Fsp3) is 0.118. The molecule has 0 fully saturated rings. The second kappa shape index (κ2) is 4.61. The molecule has 0 amide bonds. The Bertz CT molecular complexity index is 594. The standard InChI is InChI=1S/C17H14O/c18-16-12-11-15(13-7-3-1-4-8-13)17(16)14-9-5-2-6-10-14/h1-10H,11-12H2. The second-order valence-corrected chi connectivity index (χ2v) is 4.51. The zero-order valence-electron chi connectivity index (χ0n) is 10.1. The topological polar surface area (TPSA) is 17.1 Å². The van der Waals surface area contributed by atoms with E-state index >= 15 is 0 Å². The Morgan fingerprint density at radius 3 is 1.83 bits per heavy atom. The predicted molar refractivity (Wildman–Crippen MR) is 73.9 cm³/mol. The number of hydrogen-bond acceptors (Lipinski definition) is 1. The van der Waals surface area contributed by atoms with Crippen LogP contribution in [0.25, 0.3) is 11.1 Å². The van der Waals surface area contributed by atoms with Gasteiger partial charge in [0.15, 0.2) is 5.78 Å². The lowest BCUT2D eigenvalue weighted by molar-refractivity contribution is -0.113. The van der Waals surface area contributed by atoms with Gasteiger partial charge in [0, 0.05) is 12.0 Å². The van der Waals surface area contributed by atoms with Gasteiger partial charge in [-0.2, -0.15) is 0 Å². The molecule has 0 bridgehead atoms. The molecule has 1 heteroatoms. The van der Waals surface area contributed by atoms with Crippen molar-refractivity contribution in [3.05, 3.63) is 71.8 Å². The summed E-state index contributed by atoms with van der Waals surface area (Å²) >= 11 is 0. The summed E-state index contributed by atoms with van der Waals surface area (Å²) in [4.78, 5) is 12.1. The van der Waals surface area contributed by atoms with Crippen molar-refractivity contribution in [2.24, 2.45) is 0 Å². The third-order valence-corrected chi connectivity index (χ3v) is 3.37. The lowest BCUT2D eigenvalue weighted by Crippen LogP contribution is -1.95. The summed E-state index contributed by atoms with van der Waals surface area (Å²) in [7, 11) is 0. The number of ketones is 1. The molecule has 88 valence electrons. The minimum absolute atomic E-state index is 0.264. The zero-order valence-corrected chi connectivity index (χ0v) is 10.1. The van der Waals surface area contributed by atoms with Gasteiger partial charge in [-0.15, -0.1) is 0 Å². The fourth-order valence-corrected chi connectivity index (χ4v) is 2.52. The molecule has 1 aliphatic rings. The van der Waals surface area contributed by atoms with Crippen molar-refractivity contribution >= 4 is 16.9 Å². The van der Waals surface area contributed by atoms with Crippen molar-refractivity contribution in [1.29, 1.82) is 0 Å². The van der Waals surface area contributed by atoms with E-state index in [-0.39, 0.29) is 5.78 Å². The summed E-state index contributed by atoms with van der Waals surface area (Å²) in [6, 6.07) is 20.2. The zero-order chi connectivity index (χ0) is 12.4. The largest absolute Gasteiger partial charge is 0.294 e. The number of allylic oxidation sites excluding steroid dienone is 2. The van der Waals surface area contributed by atoms with Gasteiger partial charge in [-0.05, 0) is 23.1 Å². The molecule has 2 aromatic carbocycles. The van der Waals surface area contributed by atoms with Gasteiger partial charge in [-0.25, -0.2) is 0 Å². The Morgan fingerprint density at radius 2 is 1.22 bits per heavy atom. The van der Waals surface area contributed by atoms with E-state index in [2.05, 4.69) is 12.1 Å². The molecule has 0 saturated heterocycles. The maximum Gasteiger partial charge on any atom is 0.164 e. The van der Waals surface area contributed by atoms with Gasteiger partial charge in [0.2, 0.25) is 0 Å². The Hall–Kier alpha value is -2.15. The van der Waals surface area contributed by atoms with Crippen molar-refractivity contribution < 1.29 is 4.79 Å². The quantitative estimate of drug-likeness (QED) is 0.768. The van der Waals surface area contributed by atoms with E-state index in [4.69, 9.17) is 0 Å². The smallest absolute Gasteiger partial charge is 0.164 e. The highest BCUT2D eigenvalue weighted by Gasteiger charge is 2.24. The lowest BCUT2D eigenvalue weighted by Gasteiger charge is -2.06. The molecule has 0 aromatic heterocycles. The van der Waals surface area contributed by atoms with Crippen molar-refractivity contribution in [1.82, 2.24) is 0 Å². The van der Waals surface area contributed by atoms with Crippen LogP contribution in [-0.4, -0.2) is 5.78 Å². The number of rotatable bonds is 2. The monoisotopic (exact) mass is 234 g/mol. The van der Waals surface area contributed by atoms with Crippen LogP contribution in [0.4, 0.5) is 0 Å². The minimum Gasteiger partial charge on any atom is -0.294 e. The Balaban J connectivity index is 2.16. The van der Waals surface area contributed by atoms with Gasteiger partial charge < -0.3 is 0 Å². The lowest BCUT2D eigenvalue weighted by atomic mass is 9.97. The van der Waals surface area contributed by atoms with E-state index in [0.717, 1.165) is 17.6 Å². The summed E-state index contributed by atoms with van der Waals surface area (Å²) < 4.78 is 0.